The fourth-order valence-electron chi connectivity index (χ4n) is 5.59. The van der Waals surface area contributed by atoms with Crippen LogP contribution in [0.5, 0.6) is 0 Å². The first-order chi connectivity index (χ1) is 15.2. The third-order valence-corrected chi connectivity index (χ3v) is 6.90. The number of aliphatic hydroxyl groups excluding tert-OH is 1. The van der Waals surface area contributed by atoms with Crippen molar-refractivity contribution in [1.82, 2.24) is 9.78 Å². The van der Waals surface area contributed by atoms with Gasteiger partial charge in [0.1, 0.15) is 5.82 Å². The Balaban J connectivity index is 1.53. The number of halogens is 7. The molecule has 0 unspecified atom stereocenters. The molecular formula is C20H16F7N3O3. The molecule has 3 aliphatic rings. The summed E-state index contributed by atoms with van der Waals surface area (Å²) in [5, 5.41) is 16.2. The SMILES string of the molecule is Cn1cc([C@@]23C[C@]2(C(=O)Nc2ccc(C(F)(F)F)c(F)c2)[C@H]2C[C@H](O)[C@@H]3O2)c(C(F)(F)F)n1. The summed E-state index contributed by atoms with van der Waals surface area (Å²) in [4.78, 5) is 13.3. The lowest BCUT2D eigenvalue weighted by atomic mass is 9.73. The van der Waals surface area contributed by atoms with E-state index in [0.717, 1.165) is 16.9 Å². The van der Waals surface area contributed by atoms with E-state index in [1.54, 1.807) is 0 Å². The number of fused-ring (bicyclic) bond motifs is 5. The minimum Gasteiger partial charge on any atom is -0.390 e. The highest BCUT2D eigenvalue weighted by Crippen LogP contribution is 2.78. The highest BCUT2D eigenvalue weighted by atomic mass is 19.4. The van der Waals surface area contributed by atoms with Gasteiger partial charge in [0.15, 0.2) is 5.69 Å². The molecule has 5 rings (SSSR count). The van der Waals surface area contributed by atoms with E-state index < -0.39 is 64.5 Å². The van der Waals surface area contributed by atoms with Gasteiger partial charge in [-0.15, -0.1) is 0 Å². The molecule has 1 aliphatic carbocycles. The van der Waals surface area contributed by atoms with Crippen LogP contribution in [0.4, 0.5) is 36.4 Å². The van der Waals surface area contributed by atoms with E-state index in [1.807, 2.05) is 0 Å². The molecule has 13 heteroatoms. The Bertz CT molecular complexity index is 1160. The van der Waals surface area contributed by atoms with Crippen LogP contribution in [0.15, 0.2) is 24.4 Å². The van der Waals surface area contributed by atoms with Crippen molar-refractivity contribution >= 4 is 11.6 Å². The van der Waals surface area contributed by atoms with E-state index >= 15 is 0 Å². The Hall–Kier alpha value is -2.67. The van der Waals surface area contributed by atoms with Gasteiger partial charge in [-0.1, -0.05) is 0 Å². The Labute approximate surface area is 181 Å². The number of amides is 1. The molecule has 2 saturated heterocycles. The number of nitrogens with zero attached hydrogens (tertiary/aromatic N) is 2. The molecule has 3 fully saturated rings. The average molecular weight is 479 g/mol. The number of benzene rings is 1. The normalized spacial score (nSPS) is 32.7. The first kappa shape index (κ1) is 22.1. The number of alkyl halides is 6. The van der Waals surface area contributed by atoms with Gasteiger partial charge in [0.05, 0.1) is 29.3 Å². The van der Waals surface area contributed by atoms with Gasteiger partial charge in [-0.05, 0) is 24.6 Å². The molecule has 33 heavy (non-hydrogen) atoms. The van der Waals surface area contributed by atoms with Crippen molar-refractivity contribution < 1.29 is 45.4 Å². The van der Waals surface area contributed by atoms with Crippen molar-refractivity contribution in [1.29, 1.82) is 0 Å². The second kappa shape index (κ2) is 6.47. The summed E-state index contributed by atoms with van der Waals surface area (Å²) in [7, 11) is 1.29. The summed E-state index contributed by atoms with van der Waals surface area (Å²) >= 11 is 0. The number of ether oxygens (including phenoxy) is 1. The van der Waals surface area contributed by atoms with Gasteiger partial charge < -0.3 is 15.2 Å². The molecule has 1 saturated carbocycles. The van der Waals surface area contributed by atoms with Crippen LogP contribution in [0.25, 0.3) is 0 Å². The van der Waals surface area contributed by atoms with E-state index in [0.29, 0.717) is 12.1 Å². The molecule has 178 valence electrons. The lowest BCUT2D eigenvalue weighted by Gasteiger charge is -2.29. The molecule has 0 spiro atoms. The van der Waals surface area contributed by atoms with Crippen LogP contribution in [0, 0.1) is 11.2 Å². The fraction of sp³-hybridized carbons (Fsp3) is 0.500. The highest BCUT2D eigenvalue weighted by Gasteiger charge is 2.88. The predicted molar refractivity (Wildman–Crippen MR) is 96.3 cm³/mol. The van der Waals surface area contributed by atoms with Gasteiger partial charge >= 0.3 is 12.4 Å². The standard InChI is InChI=1S/C20H16F7N3O3/c1-30-6-10(14(29-30)20(25,26)27)17-7-18(17,13-5-12(31)15(17)33-13)16(32)28-8-2-3-9(11(21)4-8)19(22,23)24/h2-4,6,12-13,15,31H,5,7H2,1H3,(H,28,32)/t12-,13+,15-,17+,18+/m0/s1. The molecule has 5 atom stereocenters. The maximum absolute atomic E-state index is 13.9. The van der Waals surface area contributed by atoms with Gasteiger partial charge in [-0.2, -0.15) is 31.4 Å². The highest BCUT2D eigenvalue weighted by molar-refractivity contribution is 6.01. The Kier molecular flexibility index (Phi) is 4.34. The van der Waals surface area contributed by atoms with Gasteiger partial charge in [0, 0.05) is 36.3 Å². The van der Waals surface area contributed by atoms with E-state index in [9.17, 15) is 40.6 Å². The summed E-state index contributed by atoms with van der Waals surface area (Å²) in [5.41, 5.74) is -6.34. The molecular weight excluding hydrogens is 463 g/mol. The van der Waals surface area contributed by atoms with E-state index in [1.165, 1.54) is 7.05 Å². The summed E-state index contributed by atoms with van der Waals surface area (Å²) in [6.45, 7) is 0. The third-order valence-electron chi connectivity index (χ3n) is 6.90. The van der Waals surface area contributed by atoms with Crippen LogP contribution in [0.1, 0.15) is 29.7 Å². The zero-order chi connectivity index (χ0) is 24.1. The molecule has 1 aromatic carbocycles. The minimum atomic E-state index is -4.93. The molecule has 2 aromatic rings. The van der Waals surface area contributed by atoms with E-state index in [4.69, 9.17) is 4.74 Å². The Morgan fingerprint density at radius 1 is 1.24 bits per heavy atom. The van der Waals surface area contributed by atoms with Crippen LogP contribution in [0.2, 0.25) is 0 Å². The molecule has 2 bridgehead atoms. The van der Waals surface area contributed by atoms with Gasteiger partial charge in [-0.3, -0.25) is 9.48 Å². The minimum absolute atomic E-state index is 0.00280. The first-order valence-electron chi connectivity index (χ1n) is 9.85. The maximum atomic E-state index is 13.9. The number of aliphatic hydroxyl groups is 1. The molecule has 2 N–H and O–H groups in total. The smallest absolute Gasteiger partial charge is 0.390 e. The molecule has 0 radical (unpaired) electrons. The number of carbonyl (C=O) groups excluding carboxylic acids is 1. The number of hydrogen-bond donors (Lipinski definition) is 2. The average Bonchev–Trinajstić information content (AvgIpc) is 2.90. The van der Waals surface area contributed by atoms with Crippen LogP contribution in [0.3, 0.4) is 0 Å². The lowest BCUT2D eigenvalue weighted by molar-refractivity contribution is -0.143. The predicted octanol–water partition coefficient (Wildman–Crippen LogP) is 3.40. The first-order valence-corrected chi connectivity index (χ1v) is 9.85. The monoisotopic (exact) mass is 479 g/mol. The van der Waals surface area contributed by atoms with Crippen LogP contribution >= 0.6 is 0 Å². The fourth-order valence-corrected chi connectivity index (χ4v) is 5.59. The van der Waals surface area contributed by atoms with Crippen molar-refractivity contribution in [3.63, 3.8) is 0 Å². The number of rotatable bonds is 3. The zero-order valence-corrected chi connectivity index (χ0v) is 16.8. The van der Waals surface area contributed by atoms with E-state index in [2.05, 4.69) is 10.4 Å². The number of anilines is 1. The van der Waals surface area contributed by atoms with Crippen molar-refractivity contribution in [3.05, 3.63) is 47.0 Å². The number of nitrogens with one attached hydrogen (secondary N) is 1. The third kappa shape index (κ3) is 2.87. The number of aromatic nitrogens is 2. The maximum Gasteiger partial charge on any atom is 0.435 e. The second-order valence-corrected chi connectivity index (χ2v) is 8.68. The van der Waals surface area contributed by atoms with Gasteiger partial charge in [0.25, 0.3) is 0 Å². The van der Waals surface area contributed by atoms with Crippen molar-refractivity contribution in [3.8, 4) is 0 Å². The summed E-state index contributed by atoms with van der Waals surface area (Å²) in [6, 6.07) is 1.82. The van der Waals surface area contributed by atoms with Crippen LogP contribution in [-0.4, -0.2) is 39.1 Å². The summed E-state index contributed by atoms with van der Waals surface area (Å²) in [5.74, 6) is -2.43. The van der Waals surface area contributed by atoms with Crippen molar-refractivity contribution in [2.75, 3.05) is 5.32 Å². The van der Waals surface area contributed by atoms with Gasteiger partial charge in [0.2, 0.25) is 5.91 Å². The zero-order valence-electron chi connectivity index (χ0n) is 16.8. The van der Waals surface area contributed by atoms with Crippen molar-refractivity contribution in [2.45, 2.75) is 48.9 Å². The molecule has 1 amide bonds. The number of carbonyl (C=O) groups is 1. The van der Waals surface area contributed by atoms with Crippen LogP contribution < -0.4 is 5.32 Å². The summed E-state index contributed by atoms with van der Waals surface area (Å²) in [6.07, 6.45) is -11.8. The van der Waals surface area contributed by atoms with Gasteiger partial charge in [-0.25, -0.2) is 4.39 Å². The number of aryl methyl sites for hydroxylation is 1. The Morgan fingerprint density at radius 2 is 1.94 bits per heavy atom. The quantitative estimate of drug-likeness (QED) is 0.662. The number of hydrogen-bond acceptors (Lipinski definition) is 4. The summed E-state index contributed by atoms with van der Waals surface area (Å²) < 4.78 is 100. The molecule has 1 aromatic heterocycles. The lowest BCUT2D eigenvalue weighted by Crippen LogP contribution is -2.45. The molecule has 3 heterocycles. The van der Waals surface area contributed by atoms with Crippen molar-refractivity contribution in [2.24, 2.45) is 12.5 Å². The van der Waals surface area contributed by atoms with E-state index in [-0.39, 0.29) is 24.1 Å². The Morgan fingerprint density at radius 3 is 2.55 bits per heavy atom. The largest absolute Gasteiger partial charge is 0.435 e. The van der Waals surface area contributed by atoms with Crippen LogP contribution in [-0.2, 0) is 34.3 Å². The molecule has 2 aliphatic heterocycles. The molecule has 6 nitrogen and oxygen atoms in total. The topological polar surface area (TPSA) is 76.4 Å². The second-order valence-electron chi connectivity index (χ2n) is 8.68.